The first-order valence-electron chi connectivity index (χ1n) is 4.83. The van der Waals surface area contributed by atoms with E-state index in [1.165, 1.54) is 12.1 Å². The van der Waals surface area contributed by atoms with Gasteiger partial charge < -0.3 is 10.5 Å². The molecule has 0 saturated heterocycles. The number of ether oxygens (including phenoxy) is 1. The van der Waals surface area contributed by atoms with Crippen LogP contribution in [0.1, 0.15) is 12.5 Å². The first kappa shape index (κ1) is 13.4. The lowest BCUT2D eigenvalue weighted by Gasteiger charge is -2.06. The van der Waals surface area contributed by atoms with Gasteiger partial charge in [0, 0.05) is 11.8 Å². The van der Waals surface area contributed by atoms with E-state index in [0.29, 0.717) is 5.56 Å². The van der Waals surface area contributed by atoms with E-state index in [1.54, 1.807) is 6.92 Å². The number of nitro benzene ring substituents is 1. The van der Waals surface area contributed by atoms with Crippen LogP contribution in [0.2, 0.25) is 0 Å². The summed E-state index contributed by atoms with van der Waals surface area (Å²) >= 11 is 3.06. The summed E-state index contributed by atoms with van der Waals surface area (Å²) in [5.74, 6) is -0.417. The summed E-state index contributed by atoms with van der Waals surface area (Å²) in [6.07, 6.45) is -0.00370. The largest absolute Gasteiger partial charge is 0.466 e. The Morgan fingerprint density at radius 1 is 1.59 bits per heavy atom. The minimum atomic E-state index is -0.547. The van der Waals surface area contributed by atoms with Crippen LogP contribution in [0, 0.1) is 10.1 Å². The molecule has 1 rings (SSSR count). The van der Waals surface area contributed by atoms with E-state index in [1.807, 2.05) is 0 Å². The monoisotopic (exact) mass is 302 g/mol. The molecule has 2 N–H and O–H groups in total. The lowest BCUT2D eigenvalue weighted by atomic mass is 10.1. The highest BCUT2D eigenvalue weighted by molar-refractivity contribution is 9.10. The van der Waals surface area contributed by atoms with Crippen LogP contribution in [0.3, 0.4) is 0 Å². The Kier molecular flexibility index (Phi) is 4.45. The molecule has 0 saturated carbocycles. The first-order chi connectivity index (χ1) is 7.95. The van der Waals surface area contributed by atoms with Crippen LogP contribution < -0.4 is 5.73 Å². The molecule has 7 heteroatoms. The Morgan fingerprint density at radius 3 is 2.76 bits per heavy atom. The number of esters is 1. The molecule has 0 aliphatic rings. The van der Waals surface area contributed by atoms with Gasteiger partial charge in [-0.15, -0.1) is 0 Å². The van der Waals surface area contributed by atoms with Crippen LogP contribution >= 0.6 is 15.9 Å². The second-order valence-corrected chi connectivity index (χ2v) is 4.10. The van der Waals surface area contributed by atoms with Crippen LogP contribution in [0.5, 0.6) is 0 Å². The highest BCUT2D eigenvalue weighted by atomic mass is 79.9. The number of carbonyl (C=O) groups excluding carboxylic acids is 1. The van der Waals surface area contributed by atoms with Gasteiger partial charge in [0.25, 0.3) is 5.69 Å². The number of nitro groups is 1. The van der Waals surface area contributed by atoms with Crippen molar-refractivity contribution in [2.24, 2.45) is 0 Å². The molecular formula is C10H11BrN2O4. The third-order valence-corrected chi connectivity index (χ3v) is 2.68. The topological polar surface area (TPSA) is 95.5 Å². The molecule has 0 aliphatic heterocycles. The van der Waals surface area contributed by atoms with Crippen LogP contribution in [0.15, 0.2) is 16.6 Å². The van der Waals surface area contributed by atoms with Crippen LogP contribution in [-0.4, -0.2) is 17.5 Å². The molecule has 92 valence electrons. The zero-order valence-corrected chi connectivity index (χ0v) is 10.7. The number of nitrogens with two attached hydrogens (primary N) is 1. The number of benzene rings is 1. The second-order valence-electron chi connectivity index (χ2n) is 3.24. The zero-order chi connectivity index (χ0) is 13.0. The fourth-order valence-electron chi connectivity index (χ4n) is 1.28. The molecule has 0 radical (unpaired) electrons. The quantitative estimate of drug-likeness (QED) is 0.397. The summed E-state index contributed by atoms with van der Waals surface area (Å²) in [7, 11) is 0. The maximum atomic E-state index is 11.3. The fourth-order valence-corrected chi connectivity index (χ4v) is 1.82. The average Bonchev–Trinajstić information content (AvgIpc) is 2.22. The summed E-state index contributed by atoms with van der Waals surface area (Å²) < 4.78 is 5.06. The Bertz CT molecular complexity index is 462. The third-order valence-electron chi connectivity index (χ3n) is 2.05. The molecule has 1 aromatic rings. The number of anilines is 1. The van der Waals surface area contributed by atoms with Crippen molar-refractivity contribution in [3.05, 3.63) is 32.3 Å². The standard InChI is InChI=1S/C10H11BrN2O4/c1-2-17-10(14)4-6-3-7(11)9(13(15)16)5-8(6)12/h3,5H,2,4,12H2,1H3. The molecule has 0 spiro atoms. The molecule has 0 atom stereocenters. The van der Waals surface area contributed by atoms with Gasteiger partial charge in [-0.3, -0.25) is 14.9 Å². The van der Waals surface area contributed by atoms with Gasteiger partial charge in [0.15, 0.2) is 0 Å². The van der Waals surface area contributed by atoms with E-state index < -0.39 is 10.9 Å². The first-order valence-corrected chi connectivity index (χ1v) is 5.63. The Hall–Kier alpha value is -1.63. The lowest BCUT2D eigenvalue weighted by Crippen LogP contribution is -2.09. The molecule has 0 aromatic heterocycles. The maximum Gasteiger partial charge on any atom is 0.310 e. The van der Waals surface area contributed by atoms with Gasteiger partial charge in [-0.05, 0) is 34.5 Å². The summed E-state index contributed by atoms with van der Waals surface area (Å²) in [4.78, 5) is 21.4. The van der Waals surface area contributed by atoms with Crippen molar-refractivity contribution in [3.8, 4) is 0 Å². The number of hydrogen-bond donors (Lipinski definition) is 1. The van der Waals surface area contributed by atoms with E-state index in [2.05, 4.69) is 15.9 Å². The SMILES string of the molecule is CCOC(=O)Cc1cc(Br)c([N+](=O)[O-])cc1N. The van der Waals surface area contributed by atoms with Gasteiger partial charge in [-0.2, -0.15) is 0 Å². The van der Waals surface area contributed by atoms with Crippen molar-refractivity contribution in [1.29, 1.82) is 0 Å². The summed E-state index contributed by atoms with van der Waals surface area (Å²) in [6.45, 7) is 1.99. The number of nitrogens with zero attached hydrogens (tertiary/aromatic N) is 1. The Balaban J connectivity index is 2.99. The number of hydrogen-bond acceptors (Lipinski definition) is 5. The number of rotatable bonds is 4. The predicted molar refractivity (Wildman–Crippen MR) is 65.5 cm³/mol. The highest BCUT2D eigenvalue weighted by Crippen LogP contribution is 2.30. The Labute approximate surface area is 106 Å². The van der Waals surface area contributed by atoms with Gasteiger partial charge in [0.05, 0.1) is 22.4 Å². The van der Waals surface area contributed by atoms with Crippen molar-refractivity contribution in [1.82, 2.24) is 0 Å². The van der Waals surface area contributed by atoms with Crippen molar-refractivity contribution < 1.29 is 14.5 Å². The van der Waals surface area contributed by atoms with Crippen molar-refractivity contribution in [2.45, 2.75) is 13.3 Å². The highest BCUT2D eigenvalue weighted by Gasteiger charge is 2.16. The molecule has 0 aliphatic carbocycles. The molecule has 0 bridgehead atoms. The fraction of sp³-hybridized carbons (Fsp3) is 0.300. The van der Waals surface area contributed by atoms with E-state index in [9.17, 15) is 14.9 Å². The maximum absolute atomic E-state index is 11.3. The average molecular weight is 303 g/mol. The van der Waals surface area contributed by atoms with Gasteiger partial charge in [-0.1, -0.05) is 0 Å². The number of halogens is 1. The van der Waals surface area contributed by atoms with Crippen LogP contribution in [0.4, 0.5) is 11.4 Å². The van der Waals surface area contributed by atoms with Crippen molar-refractivity contribution in [2.75, 3.05) is 12.3 Å². The molecule has 17 heavy (non-hydrogen) atoms. The van der Waals surface area contributed by atoms with Gasteiger partial charge in [0.2, 0.25) is 0 Å². The molecule has 0 amide bonds. The van der Waals surface area contributed by atoms with E-state index in [0.717, 1.165) is 0 Å². The summed E-state index contributed by atoms with van der Waals surface area (Å²) in [5, 5.41) is 10.6. The summed E-state index contributed by atoms with van der Waals surface area (Å²) in [5.41, 5.74) is 6.21. The predicted octanol–water partition coefficient (Wildman–Crippen LogP) is 2.05. The normalized spacial score (nSPS) is 10.0. The number of nitrogen functional groups attached to an aromatic ring is 1. The molecule has 1 aromatic carbocycles. The minimum absolute atomic E-state index is 0.00370. The summed E-state index contributed by atoms with van der Waals surface area (Å²) in [6, 6.07) is 2.68. The smallest absolute Gasteiger partial charge is 0.310 e. The van der Waals surface area contributed by atoms with Crippen molar-refractivity contribution >= 4 is 33.3 Å². The van der Waals surface area contributed by atoms with Gasteiger partial charge in [-0.25, -0.2) is 0 Å². The zero-order valence-electron chi connectivity index (χ0n) is 9.10. The van der Waals surface area contributed by atoms with Crippen LogP contribution in [-0.2, 0) is 16.0 Å². The van der Waals surface area contributed by atoms with Crippen LogP contribution in [0.25, 0.3) is 0 Å². The lowest BCUT2D eigenvalue weighted by molar-refractivity contribution is -0.385. The number of carbonyl (C=O) groups is 1. The second kappa shape index (κ2) is 5.62. The molecule has 0 fully saturated rings. The van der Waals surface area contributed by atoms with Gasteiger partial charge in [0.1, 0.15) is 0 Å². The van der Waals surface area contributed by atoms with E-state index in [-0.39, 0.29) is 28.9 Å². The molecular weight excluding hydrogens is 292 g/mol. The van der Waals surface area contributed by atoms with Gasteiger partial charge >= 0.3 is 5.97 Å². The molecule has 0 unspecified atom stereocenters. The Morgan fingerprint density at radius 2 is 2.24 bits per heavy atom. The minimum Gasteiger partial charge on any atom is -0.466 e. The molecule has 0 heterocycles. The van der Waals surface area contributed by atoms with Crippen molar-refractivity contribution in [3.63, 3.8) is 0 Å². The van der Waals surface area contributed by atoms with E-state index >= 15 is 0 Å². The van der Waals surface area contributed by atoms with E-state index in [4.69, 9.17) is 10.5 Å². The third kappa shape index (κ3) is 3.42. The molecule has 6 nitrogen and oxygen atoms in total.